The monoisotopic (exact) mass is 626 g/mol. The molecule has 0 saturated carbocycles. The molecule has 0 nitrogen and oxygen atoms in total. The fourth-order valence-electron chi connectivity index (χ4n) is 1.50. The van der Waals surface area contributed by atoms with Gasteiger partial charge in [0.2, 0.25) is 0 Å². The Labute approximate surface area is 154 Å². The Bertz CT molecular complexity index is 443. The zero-order valence-electron chi connectivity index (χ0n) is 15.1. The molecule has 0 radical (unpaired) electrons. The van der Waals surface area contributed by atoms with Gasteiger partial charge in [-0.1, -0.05) is 0 Å². The molecule has 21 heavy (non-hydrogen) atoms. The minimum atomic E-state index is 0.293. The Hall–Kier alpha value is 0.597. The van der Waals surface area contributed by atoms with Crippen LogP contribution in [-0.4, -0.2) is 8.30 Å². The Balaban J connectivity index is 0.000000567. The molecular weight excluding hydrogens is 596 g/mol. The maximum absolute atomic E-state index is 3.53. The third kappa shape index (κ3) is 8.71. The van der Waals surface area contributed by atoms with Crippen molar-refractivity contribution in [1.29, 1.82) is 0 Å². The second kappa shape index (κ2) is 7.92. The van der Waals surface area contributed by atoms with Crippen LogP contribution in [0.15, 0.2) is 17.2 Å². The number of rotatable bonds is 1. The van der Waals surface area contributed by atoms with Crippen molar-refractivity contribution in [2.24, 2.45) is 16.2 Å². The number of hydrogen-bond acceptors (Lipinski definition) is 0. The summed E-state index contributed by atoms with van der Waals surface area (Å²) in [6.07, 6.45) is 6.90. The first-order valence-electron chi connectivity index (χ1n) is 7.44. The average Bonchev–Trinajstić information content (AvgIpc) is 2.75. The molecule has 0 heterocycles. The van der Waals surface area contributed by atoms with E-state index in [-0.39, 0.29) is 0 Å². The van der Waals surface area contributed by atoms with Gasteiger partial charge in [0.25, 0.3) is 0 Å². The van der Waals surface area contributed by atoms with Gasteiger partial charge in [-0.2, -0.15) is 0 Å². The maximum atomic E-state index is 3.53. The second-order valence-electron chi connectivity index (χ2n) is 8.62. The zero-order chi connectivity index (χ0) is 17.1. The van der Waals surface area contributed by atoms with E-state index in [1.54, 1.807) is 19.4 Å². The molecule has 1 aliphatic rings. The minimum absolute atomic E-state index is 0.293. The molecule has 120 valence electrons. The van der Waals surface area contributed by atoms with E-state index in [1.807, 2.05) is 0 Å². The number of hydrogen-bond donors (Lipinski definition) is 0. The summed E-state index contributed by atoms with van der Waals surface area (Å²) in [6.45, 7) is 20.2. The van der Waals surface area contributed by atoms with E-state index in [1.165, 1.54) is 34.4 Å². The molecule has 1 rings (SSSR count). The first kappa shape index (κ1) is 21.6. The zero-order valence-corrected chi connectivity index (χ0v) is 21.0. The van der Waals surface area contributed by atoms with Crippen LogP contribution >= 0.6 is 0 Å². The first-order chi connectivity index (χ1) is 9.18. The van der Waals surface area contributed by atoms with Crippen molar-refractivity contribution >= 4 is 8.30 Å². The topological polar surface area (TPSA) is 0 Å². The van der Waals surface area contributed by atoms with Crippen LogP contribution in [0.3, 0.4) is 0 Å². The predicted molar refractivity (Wildman–Crippen MR) is 87.8 cm³/mol. The van der Waals surface area contributed by atoms with Gasteiger partial charge in [-0.15, -0.1) is 0 Å². The van der Waals surface area contributed by atoms with Crippen LogP contribution in [0.5, 0.6) is 0 Å². The molecule has 0 aromatic carbocycles. The van der Waals surface area contributed by atoms with Gasteiger partial charge in [0.05, 0.1) is 0 Å². The quantitative estimate of drug-likeness (QED) is 0.355. The SMILES string of the molecule is CC(C)(C)[C-]=[W].CC(C)(C)[C](=[W])C1=[C-]CC(C(C)(C)C)=C1. The van der Waals surface area contributed by atoms with Crippen molar-refractivity contribution < 1.29 is 38.7 Å². The Morgan fingerprint density at radius 3 is 1.71 bits per heavy atom. The average molecular weight is 626 g/mol. The van der Waals surface area contributed by atoms with Gasteiger partial charge in [-0.3, -0.25) is 0 Å². The summed E-state index contributed by atoms with van der Waals surface area (Å²) in [5.41, 5.74) is 3.79. The van der Waals surface area contributed by atoms with E-state index < -0.39 is 0 Å². The Morgan fingerprint density at radius 1 is 1.05 bits per heavy atom. The van der Waals surface area contributed by atoms with Crippen LogP contribution < -0.4 is 0 Å². The van der Waals surface area contributed by atoms with Crippen LogP contribution in [0.25, 0.3) is 0 Å². The predicted octanol–water partition coefficient (Wildman–Crippen LogP) is 5.12. The van der Waals surface area contributed by atoms with Crippen LogP contribution in [-0.2, 0) is 38.7 Å². The Kier molecular flexibility index (Phi) is 8.15. The van der Waals surface area contributed by atoms with Crippen LogP contribution in [0.4, 0.5) is 0 Å². The Morgan fingerprint density at radius 2 is 1.48 bits per heavy atom. The van der Waals surface area contributed by atoms with Crippen molar-refractivity contribution in [1.82, 2.24) is 0 Å². The molecule has 0 aromatic heterocycles. The van der Waals surface area contributed by atoms with Crippen LogP contribution in [0.2, 0.25) is 0 Å². The molecule has 0 aromatic rings. The molecule has 0 aliphatic heterocycles. The van der Waals surface area contributed by atoms with Gasteiger partial charge in [0.15, 0.2) is 0 Å². The summed E-state index contributed by atoms with van der Waals surface area (Å²) in [6, 6.07) is 0. The fourth-order valence-corrected chi connectivity index (χ4v) is 1.97. The van der Waals surface area contributed by atoms with Gasteiger partial charge < -0.3 is 0 Å². The normalized spacial score (nSPS) is 15.7. The molecular formula is C19H30W2-2. The van der Waals surface area contributed by atoms with E-state index in [9.17, 15) is 0 Å². The van der Waals surface area contributed by atoms with Crippen LogP contribution in [0.1, 0.15) is 68.7 Å². The van der Waals surface area contributed by atoms with Gasteiger partial charge in [0.1, 0.15) is 0 Å². The van der Waals surface area contributed by atoms with Crippen LogP contribution in [0, 0.1) is 22.3 Å². The molecule has 0 N–H and O–H groups in total. The summed E-state index contributed by atoms with van der Waals surface area (Å²) < 4.78 is 4.72. The molecule has 0 saturated heterocycles. The van der Waals surface area contributed by atoms with E-state index in [0.29, 0.717) is 16.2 Å². The molecule has 0 amide bonds. The molecule has 0 atom stereocenters. The summed E-state index contributed by atoms with van der Waals surface area (Å²) >= 11 is 3.02. The second-order valence-corrected chi connectivity index (χ2v) is 10.8. The molecule has 2 heteroatoms. The van der Waals surface area contributed by atoms with Gasteiger partial charge >= 0.3 is 155 Å². The third-order valence-electron chi connectivity index (χ3n) is 2.98. The van der Waals surface area contributed by atoms with Crippen molar-refractivity contribution in [3.63, 3.8) is 0 Å². The fraction of sp³-hybridized carbons (Fsp3) is 0.684. The third-order valence-corrected chi connectivity index (χ3v) is 8.17. The summed E-state index contributed by atoms with van der Waals surface area (Å²) in [5.74, 6) is 0. The van der Waals surface area contributed by atoms with E-state index in [4.69, 9.17) is 0 Å². The van der Waals surface area contributed by atoms with Gasteiger partial charge in [0, 0.05) is 0 Å². The van der Waals surface area contributed by atoms with Crippen molar-refractivity contribution in [3.05, 3.63) is 23.3 Å². The first-order valence-corrected chi connectivity index (χ1v) is 10.4. The standard InChI is InChI=1S/C14H21.C5H9.2W/c1-13(2,3)10-11-7-8-12(9-11)14(4,5)6;1-5(2,3)4;;/h9H,8H2,1-6H3;1-3H3;;/q2*-1;;. The molecule has 0 spiro atoms. The van der Waals surface area contributed by atoms with Crippen molar-refractivity contribution in [3.8, 4) is 0 Å². The molecule has 0 unspecified atom stereocenters. The van der Waals surface area contributed by atoms with E-state index in [0.717, 1.165) is 6.42 Å². The molecule has 0 bridgehead atoms. The molecule has 1 aliphatic carbocycles. The summed E-state index contributed by atoms with van der Waals surface area (Å²) in [5, 5.41) is 0. The number of allylic oxidation sites excluding steroid dienone is 4. The van der Waals surface area contributed by atoms with Gasteiger partial charge in [-0.05, 0) is 0 Å². The summed E-state index contributed by atoms with van der Waals surface area (Å²) in [4.78, 5) is 0. The van der Waals surface area contributed by atoms with E-state index in [2.05, 4.69) is 78.9 Å². The van der Waals surface area contributed by atoms with E-state index >= 15 is 0 Å². The van der Waals surface area contributed by atoms with Crippen molar-refractivity contribution in [2.45, 2.75) is 68.7 Å². The van der Waals surface area contributed by atoms with Crippen molar-refractivity contribution in [2.75, 3.05) is 0 Å². The van der Waals surface area contributed by atoms with Gasteiger partial charge in [-0.25, -0.2) is 0 Å². The molecule has 0 fully saturated rings. The summed E-state index contributed by atoms with van der Waals surface area (Å²) in [7, 11) is 0.